The zero-order chi connectivity index (χ0) is 25.3. The Hall–Kier alpha value is -2.79. The van der Waals surface area contributed by atoms with Crippen molar-refractivity contribution in [1.82, 2.24) is 0 Å². The van der Waals surface area contributed by atoms with Crippen molar-refractivity contribution in [2.75, 3.05) is 39.6 Å². The topological polar surface area (TPSA) is 160 Å². The lowest BCUT2D eigenvalue weighted by Gasteiger charge is -2.30. The average molecular weight is 468 g/mol. The smallest absolute Gasteiger partial charge is 0.324 e. The minimum absolute atomic E-state index is 0.181. The number of aliphatic hydroxyl groups excluding tert-OH is 4. The normalized spacial score (nSPS) is 12.1. The number of rotatable bonds is 13. The molecule has 0 unspecified atom stereocenters. The van der Waals surface area contributed by atoms with Crippen molar-refractivity contribution < 1.29 is 49.0 Å². The quantitative estimate of drug-likeness (QED) is 0.234. The standard InChI is InChI=1S/C23H32O10/c1-5-16-6-8-17(9-7-16)33-20(30)23(4,14-31-18(28)21(2,10-24)11-25)15-32-19(29)22(3,12-26)13-27/h5-9,24-27H,1,10-15H2,2-4H3. The lowest BCUT2D eigenvalue weighted by atomic mass is 9.90. The second kappa shape index (κ2) is 11.9. The highest BCUT2D eigenvalue weighted by Crippen LogP contribution is 2.27. The third-order valence-corrected chi connectivity index (χ3v) is 5.24. The van der Waals surface area contributed by atoms with Crippen LogP contribution in [0.2, 0.25) is 0 Å². The molecule has 0 aliphatic heterocycles. The molecule has 33 heavy (non-hydrogen) atoms. The SMILES string of the molecule is C=Cc1ccc(OC(=O)C(C)(COC(=O)C(C)(CO)CO)COC(=O)C(C)(CO)CO)cc1. The van der Waals surface area contributed by atoms with Crippen LogP contribution in [0.1, 0.15) is 26.3 Å². The molecule has 0 bridgehead atoms. The Balaban J connectivity index is 3.09. The predicted octanol–water partition coefficient (Wildman–Crippen LogP) is 0.310. The Bertz CT molecular complexity index is 788. The van der Waals surface area contributed by atoms with Crippen LogP contribution in [0.15, 0.2) is 30.8 Å². The van der Waals surface area contributed by atoms with Crippen LogP contribution in [0.4, 0.5) is 0 Å². The van der Waals surface area contributed by atoms with Crippen LogP contribution in [-0.4, -0.2) is 78.0 Å². The van der Waals surface area contributed by atoms with Crippen LogP contribution in [0, 0.1) is 16.2 Å². The summed E-state index contributed by atoms with van der Waals surface area (Å²) < 4.78 is 15.7. The first kappa shape index (κ1) is 28.2. The Morgan fingerprint density at radius 1 is 0.758 bits per heavy atom. The maximum absolute atomic E-state index is 13.0. The molecule has 0 spiro atoms. The van der Waals surface area contributed by atoms with Gasteiger partial charge in [-0.05, 0) is 38.5 Å². The van der Waals surface area contributed by atoms with Crippen LogP contribution in [0.5, 0.6) is 5.75 Å². The van der Waals surface area contributed by atoms with E-state index in [4.69, 9.17) is 14.2 Å². The highest BCUT2D eigenvalue weighted by atomic mass is 16.6. The highest BCUT2D eigenvalue weighted by Gasteiger charge is 2.43. The summed E-state index contributed by atoms with van der Waals surface area (Å²) in [6.07, 6.45) is 1.60. The van der Waals surface area contributed by atoms with Crippen LogP contribution < -0.4 is 4.74 Å². The van der Waals surface area contributed by atoms with E-state index < -0.39 is 73.8 Å². The van der Waals surface area contributed by atoms with Gasteiger partial charge in [-0.2, -0.15) is 0 Å². The molecule has 0 radical (unpaired) electrons. The Labute approximate surface area is 192 Å². The van der Waals surface area contributed by atoms with Gasteiger partial charge in [0.15, 0.2) is 0 Å². The molecule has 0 amide bonds. The Morgan fingerprint density at radius 2 is 1.15 bits per heavy atom. The molecule has 0 atom stereocenters. The number of benzene rings is 1. The van der Waals surface area contributed by atoms with Crippen molar-refractivity contribution in [1.29, 1.82) is 0 Å². The first-order valence-corrected chi connectivity index (χ1v) is 10.2. The third kappa shape index (κ3) is 7.10. The van der Waals surface area contributed by atoms with E-state index in [1.165, 1.54) is 32.9 Å². The molecule has 0 fully saturated rings. The molecule has 0 aliphatic rings. The second-order valence-corrected chi connectivity index (χ2v) is 8.63. The molecule has 1 rings (SSSR count). The van der Waals surface area contributed by atoms with E-state index in [-0.39, 0.29) is 5.75 Å². The van der Waals surface area contributed by atoms with Gasteiger partial charge in [0.2, 0.25) is 0 Å². The zero-order valence-corrected chi connectivity index (χ0v) is 19.1. The monoisotopic (exact) mass is 468 g/mol. The van der Waals surface area contributed by atoms with Crippen molar-refractivity contribution in [3.8, 4) is 5.75 Å². The average Bonchev–Trinajstić information content (AvgIpc) is 2.84. The van der Waals surface area contributed by atoms with E-state index >= 15 is 0 Å². The lowest BCUT2D eigenvalue weighted by Crippen LogP contribution is -2.46. The minimum atomic E-state index is -1.69. The van der Waals surface area contributed by atoms with Gasteiger partial charge in [-0.15, -0.1) is 0 Å². The number of carbonyl (C=O) groups is 3. The van der Waals surface area contributed by atoms with Crippen molar-refractivity contribution in [2.45, 2.75) is 20.8 Å². The largest absolute Gasteiger partial charge is 0.464 e. The first-order chi connectivity index (χ1) is 15.4. The van der Waals surface area contributed by atoms with Crippen molar-refractivity contribution in [2.24, 2.45) is 16.2 Å². The van der Waals surface area contributed by atoms with E-state index in [0.717, 1.165) is 5.56 Å². The van der Waals surface area contributed by atoms with Crippen LogP contribution >= 0.6 is 0 Å². The number of carbonyl (C=O) groups excluding carboxylic acids is 3. The molecule has 10 heteroatoms. The van der Waals surface area contributed by atoms with Gasteiger partial charge < -0.3 is 34.6 Å². The van der Waals surface area contributed by atoms with Crippen molar-refractivity contribution in [3.63, 3.8) is 0 Å². The fourth-order valence-corrected chi connectivity index (χ4v) is 2.22. The maximum atomic E-state index is 13.0. The first-order valence-electron chi connectivity index (χ1n) is 10.2. The molecule has 4 N–H and O–H groups in total. The Morgan fingerprint density at radius 3 is 1.48 bits per heavy atom. The van der Waals surface area contributed by atoms with Crippen molar-refractivity contribution in [3.05, 3.63) is 36.4 Å². The molecule has 1 aromatic carbocycles. The van der Waals surface area contributed by atoms with E-state index in [1.807, 2.05) is 0 Å². The van der Waals surface area contributed by atoms with Gasteiger partial charge in [0.05, 0.1) is 26.4 Å². The number of aliphatic hydroxyl groups is 4. The lowest BCUT2D eigenvalue weighted by molar-refractivity contribution is -0.175. The summed E-state index contributed by atoms with van der Waals surface area (Å²) in [4.78, 5) is 37.6. The molecule has 10 nitrogen and oxygen atoms in total. The summed E-state index contributed by atoms with van der Waals surface area (Å²) in [5, 5.41) is 37.5. The number of esters is 3. The van der Waals surface area contributed by atoms with Crippen LogP contribution in [0.3, 0.4) is 0 Å². The Kier molecular flexibility index (Phi) is 10.2. The predicted molar refractivity (Wildman–Crippen MR) is 117 cm³/mol. The van der Waals surface area contributed by atoms with Gasteiger partial charge in [-0.3, -0.25) is 14.4 Å². The molecule has 0 saturated heterocycles. The van der Waals surface area contributed by atoms with E-state index in [1.54, 1.807) is 18.2 Å². The van der Waals surface area contributed by atoms with Gasteiger partial charge in [0.25, 0.3) is 0 Å². The van der Waals surface area contributed by atoms with Gasteiger partial charge in [-0.25, -0.2) is 0 Å². The molecule has 0 heterocycles. The molecule has 184 valence electrons. The number of hydrogen-bond donors (Lipinski definition) is 4. The van der Waals surface area contributed by atoms with E-state index in [9.17, 15) is 34.8 Å². The van der Waals surface area contributed by atoms with E-state index in [2.05, 4.69) is 6.58 Å². The van der Waals surface area contributed by atoms with Crippen LogP contribution in [0.25, 0.3) is 6.08 Å². The summed E-state index contributed by atoms with van der Waals surface area (Å²) >= 11 is 0. The fourth-order valence-electron chi connectivity index (χ4n) is 2.22. The number of ether oxygens (including phenoxy) is 3. The molecular formula is C23H32O10. The fraction of sp³-hybridized carbons (Fsp3) is 0.522. The molecule has 0 saturated carbocycles. The van der Waals surface area contributed by atoms with E-state index in [0.29, 0.717) is 0 Å². The molecular weight excluding hydrogens is 436 g/mol. The third-order valence-electron chi connectivity index (χ3n) is 5.24. The zero-order valence-electron chi connectivity index (χ0n) is 19.1. The van der Waals surface area contributed by atoms with Gasteiger partial charge in [0, 0.05) is 0 Å². The number of hydrogen-bond acceptors (Lipinski definition) is 10. The highest BCUT2D eigenvalue weighted by molar-refractivity contribution is 5.82. The van der Waals surface area contributed by atoms with Gasteiger partial charge in [-0.1, -0.05) is 24.8 Å². The summed E-state index contributed by atoms with van der Waals surface area (Å²) in [7, 11) is 0. The molecule has 1 aromatic rings. The minimum Gasteiger partial charge on any atom is -0.464 e. The second-order valence-electron chi connectivity index (χ2n) is 8.63. The van der Waals surface area contributed by atoms with Gasteiger partial charge in [0.1, 0.15) is 35.2 Å². The summed E-state index contributed by atoms with van der Waals surface area (Å²) in [6.45, 7) is 3.53. The summed E-state index contributed by atoms with van der Waals surface area (Å²) in [6, 6.07) is 6.37. The van der Waals surface area contributed by atoms with Crippen LogP contribution in [-0.2, 0) is 23.9 Å². The summed E-state index contributed by atoms with van der Waals surface area (Å²) in [5.74, 6) is -2.65. The summed E-state index contributed by atoms with van der Waals surface area (Å²) in [5.41, 5.74) is -4.11. The molecule has 0 aromatic heterocycles. The van der Waals surface area contributed by atoms with Crippen molar-refractivity contribution >= 4 is 24.0 Å². The molecule has 0 aliphatic carbocycles. The maximum Gasteiger partial charge on any atom is 0.324 e. The van der Waals surface area contributed by atoms with Gasteiger partial charge >= 0.3 is 17.9 Å².